The average Bonchev–Trinajstić information content (AvgIpc) is 3.37. The van der Waals surface area contributed by atoms with Crippen LogP contribution < -0.4 is 10.5 Å². The summed E-state index contributed by atoms with van der Waals surface area (Å²) in [5.41, 5.74) is 6.08. The summed E-state index contributed by atoms with van der Waals surface area (Å²) in [6.07, 6.45) is 8.67. The Morgan fingerprint density at radius 2 is 2.15 bits per heavy atom. The molecule has 0 saturated heterocycles. The summed E-state index contributed by atoms with van der Waals surface area (Å²) in [4.78, 5) is 7.00. The molecule has 0 saturated carbocycles. The Morgan fingerprint density at radius 3 is 2.81 bits per heavy atom. The van der Waals surface area contributed by atoms with E-state index in [-0.39, 0.29) is 0 Å². The first-order chi connectivity index (χ1) is 13.0. The number of thiophene rings is 1. The fourth-order valence-corrected chi connectivity index (χ4v) is 5.01. The van der Waals surface area contributed by atoms with Gasteiger partial charge >= 0.3 is 0 Å². The molecule has 0 amide bonds. The lowest BCUT2D eigenvalue weighted by Gasteiger charge is -2.21. The first-order valence-electron chi connectivity index (χ1n) is 8.78. The van der Waals surface area contributed by atoms with Crippen LogP contribution in [0.2, 0.25) is 0 Å². The molecule has 0 spiro atoms. The van der Waals surface area contributed by atoms with E-state index in [1.807, 2.05) is 0 Å². The average molecular weight is 410 g/mol. The van der Waals surface area contributed by atoms with Crippen molar-refractivity contribution in [3.8, 4) is 0 Å². The molecule has 1 aliphatic heterocycles. The molecule has 0 fully saturated rings. The van der Waals surface area contributed by atoms with Gasteiger partial charge in [-0.25, -0.2) is 18.1 Å². The number of imidazole rings is 1. The number of aromatic nitrogens is 2. The number of rotatable bonds is 11. The molecule has 2 aromatic heterocycles. The zero-order valence-electron chi connectivity index (χ0n) is 14.8. The van der Waals surface area contributed by atoms with E-state index in [0.29, 0.717) is 23.1 Å². The second kappa shape index (κ2) is 8.72. The number of hydrogen-bond acceptors (Lipinski definition) is 8. The number of nitrogen functional groups attached to an aromatic ring is 1. The van der Waals surface area contributed by atoms with Gasteiger partial charge in [0.15, 0.2) is 5.95 Å². The number of anilines is 1. The molecule has 3 heterocycles. The molecular formula is C16H23N7O2S2. The van der Waals surface area contributed by atoms with E-state index in [4.69, 9.17) is 5.73 Å². The van der Waals surface area contributed by atoms with Gasteiger partial charge in [-0.3, -0.25) is 0 Å². The highest BCUT2D eigenvalue weighted by Gasteiger charge is 2.31. The summed E-state index contributed by atoms with van der Waals surface area (Å²) >= 11 is 1.20. The van der Waals surface area contributed by atoms with Crippen LogP contribution in [0.15, 0.2) is 43.4 Å². The van der Waals surface area contributed by atoms with Crippen LogP contribution in [0.3, 0.4) is 0 Å². The Morgan fingerprint density at radius 1 is 1.26 bits per heavy atom. The lowest BCUT2D eigenvalue weighted by molar-refractivity contribution is 0.453. The Hall–Kier alpha value is -2.11. The molecule has 27 heavy (non-hydrogen) atoms. The fraction of sp³-hybridized carbons (Fsp3) is 0.500. The number of sulfonamides is 1. The molecule has 9 nitrogen and oxygen atoms in total. The van der Waals surface area contributed by atoms with Crippen molar-refractivity contribution >= 4 is 33.5 Å². The second-order valence-corrected chi connectivity index (χ2v) is 9.41. The molecular weight excluding hydrogens is 386 g/mol. The van der Waals surface area contributed by atoms with Crippen LogP contribution in [0.25, 0.3) is 0 Å². The minimum Gasteiger partial charge on any atom is -0.369 e. The van der Waals surface area contributed by atoms with Crippen molar-refractivity contribution in [1.29, 1.82) is 0 Å². The number of aromatic amines is 1. The maximum Gasteiger partial charge on any atom is 0.250 e. The number of aryl methyl sites for hydroxylation is 1. The Kier molecular flexibility index (Phi) is 6.34. The van der Waals surface area contributed by atoms with Crippen LogP contribution in [0.1, 0.15) is 37.8 Å². The maximum absolute atomic E-state index is 12.2. The molecule has 2 aromatic rings. The molecule has 3 rings (SSSR count). The van der Waals surface area contributed by atoms with Crippen LogP contribution in [-0.4, -0.2) is 36.7 Å². The predicted octanol–water partition coefficient (Wildman–Crippen LogP) is 2.72. The maximum atomic E-state index is 12.2. The van der Waals surface area contributed by atoms with Crippen LogP contribution in [0, 0.1) is 0 Å². The molecule has 1 atom stereocenters. The largest absolute Gasteiger partial charge is 0.369 e. The van der Waals surface area contributed by atoms with Crippen molar-refractivity contribution < 1.29 is 8.42 Å². The van der Waals surface area contributed by atoms with E-state index in [1.54, 1.807) is 29.9 Å². The zero-order valence-corrected chi connectivity index (χ0v) is 16.5. The first kappa shape index (κ1) is 19.6. The summed E-state index contributed by atoms with van der Waals surface area (Å²) in [6.45, 7) is 0.290. The molecule has 11 heteroatoms. The number of hydrogen-bond donors (Lipinski definition) is 3. The summed E-state index contributed by atoms with van der Waals surface area (Å²) in [7, 11) is -3.46. The minimum atomic E-state index is -3.46. The zero-order chi connectivity index (χ0) is 19.2. The molecule has 0 aliphatic carbocycles. The number of unbranched alkanes of at least 4 members (excludes halogenated alkanes) is 2. The van der Waals surface area contributed by atoms with E-state index >= 15 is 0 Å². The van der Waals surface area contributed by atoms with Gasteiger partial charge in [-0.15, -0.1) is 16.4 Å². The summed E-state index contributed by atoms with van der Waals surface area (Å²) in [6, 6.07) is 3.31. The van der Waals surface area contributed by atoms with Gasteiger partial charge in [-0.05, 0) is 42.4 Å². The lowest BCUT2D eigenvalue weighted by atomic mass is 9.91. The van der Waals surface area contributed by atoms with Gasteiger partial charge < -0.3 is 10.7 Å². The molecule has 1 aliphatic rings. The van der Waals surface area contributed by atoms with E-state index in [2.05, 4.69) is 30.1 Å². The number of H-pyrrole nitrogens is 1. The number of nitrogens with two attached hydrogens (primary N) is 1. The quantitative estimate of drug-likeness (QED) is 0.491. The summed E-state index contributed by atoms with van der Waals surface area (Å²) in [5, 5.41) is 13.6. The topological polar surface area (TPSA) is 138 Å². The predicted molar refractivity (Wildman–Crippen MR) is 105 cm³/mol. The summed E-state index contributed by atoms with van der Waals surface area (Å²) in [5.74, 6) is 0.441. The van der Waals surface area contributed by atoms with Crippen molar-refractivity contribution in [2.75, 3.05) is 12.3 Å². The van der Waals surface area contributed by atoms with Gasteiger partial charge in [0.05, 0.1) is 12.4 Å². The van der Waals surface area contributed by atoms with E-state index in [9.17, 15) is 8.42 Å². The molecule has 4 N–H and O–H groups in total. The standard InChI is InChI=1S/C16H23N7O2S2/c17-15-18-11-13(21-15)5-2-1-3-7-16(12-19-23-22-16)8-9-20-27(24,25)14-6-4-10-26-14/h4,6,10-12,20H,1-3,5,7-9H2,(H3,17,18,21). The molecule has 0 bridgehead atoms. The summed E-state index contributed by atoms with van der Waals surface area (Å²) < 4.78 is 27.4. The monoisotopic (exact) mass is 409 g/mol. The van der Waals surface area contributed by atoms with Crippen molar-refractivity contribution in [2.45, 2.75) is 48.3 Å². The first-order valence-corrected chi connectivity index (χ1v) is 11.1. The Bertz CT molecular complexity index is 876. The Labute approximate surface area is 162 Å². The van der Waals surface area contributed by atoms with Crippen molar-refractivity contribution in [1.82, 2.24) is 14.7 Å². The normalized spacial score (nSPS) is 19.1. The van der Waals surface area contributed by atoms with Gasteiger partial charge in [0, 0.05) is 12.2 Å². The highest BCUT2D eigenvalue weighted by molar-refractivity contribution is 7.91. The second-order valence-electron chi connectivity index (χ2n) is 6.47. The van der Waals surface area contributed by atoms with E-state index in [0.717, 1.165) is 37.8 Å². The highest BCUT2D eigenvalue weighted by Crippen LogP contribution is 2.26. The number of nitrogens with one attached hydrogen (secondary N) is 2. The number of nitrogens with zero attached hydrogens (tertiary/aromatic N) is 4. The van der Waals surface area contributed by atoms with Crippen molar-refractivity contribution in [3.05, 3.63) is 29.4 Å². The molecule has 1 unspecified atom stereocenters. The minimum absolute atomic E-state index is 0.290. The molecule has 0 aromatic carbocycles. The highest BCUT2D eigenvalue weighted by atomic mass is 32.2. The fourth-order valence-electron chi connectivity index (χ4n) is 2.94. The van der Waals surface area contributed by atoms with Crippen LogP contribution in [-0.2, 0) is 16.4 Å². The van der Waals surface area contributed by atoms with Gasteiger partial charge in [0.25, 0.3) is 0 Å². The Balaban J connectivity index is 1.42. The van der Waals surface area contributed by atoms with Crippen LogP contribution in [0.4, 0.5) is 5.95 Å². The van der Waals surface area contributed by atoms with Crippen molar-refractivity contribution in [2.24, 2.45) is 15.4 Å². The van der Waals surface area contributed by atoms with Gasteiger partial charge in [-0.2, -0.15) is 5.11 Å². The van der Waals surface area contributed by atoms with Gasteiger partial charge in [0.1, 0.15) is 9.75 Å². The van der Waals surface area contributed by atoms with E-state index in [1.165, 1.54) is 11.3 Å². The lowest BCUT2D eigenvalue weighted by Crippen LogP contribution is -2.33. The van der Waals surface area contributed by atoms with Crippen molar-refractivity contribution in [3.63, 3.8) is 0 Å². The SMILES string of the molecule is Nc1ncc(CCCCCC2(CCNS(=O)(=O)c3cccs3)C=NN=N2)[nH]1. The van der Waals surface area contributed by atoms with E-state index < -0.39 is 15.6 Å². The molecule has 0 radical (unpaired) electrons. The third-order valence-electron chi connectivity index (χ3n) is 4.41. The van der Waals surface area contributed by atoms with Crippen LogP contribution >= 0.6 is 11.3 Å². The van der Waals surface area contributed by atoms with Gasteiger partial charge in [0.2, 0.25) is 10.0 Å². The van der Waals surface area contributed by atoms with Crippen LogP contribution in [0.5, 0.6) is 0 Å². The molecule has 146 valence electrons. The van der Waals surface area contributed by atoms with Gasteiger partial charge in [-0.1, -0.05) is 18.9 Å². The third kappa shape index (κ3) is 5.44. The third-order valence-corrected chi connectivity index (χ3v) is 7.27. The smallest absolute Gasteiger partial charge is 0.250 e.